The summed E-state index contributed by atoms with van der Waals surface area (Å²) in [5.74, 6) is 0.623. The fourth-order valence-corrected chi connectivity index (χ4v) is 5.49. The van der Waals surface area contributed by atoms with E-state index in [2.05, 4.69) is 34.3 Å². The maximum atomic E-state index is 12.4. The summed E-state index contributed by atoms with van der Waals surface area (Å²) >= 11 is 0. The molecule has 0 bridgehead atoms. The predicted octanol–water partition coefficient (Wildman–Crippen LogP) is 7.78. The Morgan fingerprint density at radius 1 is 0.654 bits per heavy atom. The highest BCUT2D eigenvalue weighted by molar-refractivity contribution is 5.91. The van der Waals surface area contributed by atoms with Gasteiger partial charge in [-0.25, -0.2) is 9.59 Å². The maximum absolute atomic E-state index is 12.4. The van der Waals surface area contributed by atoms with Crippen LogP contribution < -0.4 is 9.47 Å². The summed E-state index contributed by atoms with van der Waals surface area (Å²) in [6.45, 7) is 13.3. The van der Waals surface area contributed by atoms with Crippen LogP contribution in [0.3, 0.4) is 0 Å². The average molecular weight is 713 g/mol. The van der Waals surface area contributed by atoms with Crippen LogP contribution in [0.15, 0.2) is 79.4 Å². The van der Waals surface area contributed by atoms with Gasteiger partial charge in [-0.15, -0.1) is 0 Å². The Morgan fingerprint density at radius 2 is 1.08 bits per heavy atom. The molecule has 0 spiro atoms. The average Bonchev–Trinajstić information content (AvgIpc) is 3.19. The number of aliphatic hydroxyl groups is 4. The van der Waals surface area contributed by atoms with E-state index in [1.54, 1.807) is 54.6 Å². The van der Waals surface area contributed by atoms with Crippen LogP contribution in [-0.4, -0.2) is 45.6 Å². The lowest BCUT2D eigenvalue weighted by Crippen LogP contribution is -2.14. The van der Waals surface area contributed by atoms with Gasteiger partial charge in [-0.1, -0.05) is 82.3 Å². The lowest BCUT2D eigenvalue weighted by Gasteiger charge is -2.15. The number of aryl methyl sites for hydroxylation is 1. The molecule has 278 valence electrons. The van der Waals surface area contributed by atoms with E-state index in [4.69, 9.17) is 14.2 Å². The number of hydrogen-bond acceptors (Lipinski definition) is 9. The largest absolute Gasteiger partial charge is 0.489 e. The SMILES string of the molecule is C=Cc1cc(CO)c(OCCOC(=O)c2ccc(C(C)CC)cc2)c(CO)c1.CCC(C)c1ccc(C(=O)Oc2c(CO)cc(C)cc2CO)cc1. The van der Waals surface area contributed by atoms with Gasteiger partial charge >= 0.3 is 11.9 Å². The third-order valence-corrected chi connectivity index (χ3v) is 8.98. The van der Waals surface area contributed by atoms with Crippen molar-refractivity contribution in [3.63, 3.8) is 0 Å². The van der Waals surface area contributed by atoms with Crippen molar-refractivity contribution in [1.82, 2.24) is 0 Å². The summed E-state index contributed by atoms with van der Waals surface area (Å²) in [5.41, 5.74) is 7.06. The zero-order valence-electron chi connectivity index (χ0n) is 30.9. The minimum atomic E-state index is -0.501. The number of carbonyl (C=O) groups is 2. The van der Waals surface area contributed by atoms with Crippen LogP contribution in [0.2, 0.25) is 0 Å². The van der Waals surface area contributed by atoms with Crippen molar-refractivity contribution in [3.8, 4) is 11.5 Å². The number of rotatable bonds is 16. The summed E-state index contributed by atoms with van der Waals surface area (Å²) in [6, 6.07) is 21.8. The highest BCUT2D eigenvalue weighted by atomic mass is 16.6. The Balaban J connectivity index is 0.000000284. The normalized spacial score (nSPS) is 11.9. The van der Waals surface area contributed by atoms with Gasteiger partial charge in [-0.2, -0.15) is 0 Å². The topological polar surface area (TPSA) is 143 Å². The molecule has 9 nitrogen and oxygen atoms in total. The number of esters is 2. The van der Waals surface area contributed by atoms with Crippen molar-refractivity contribution in [2.24, 2.45) is 0 Å². The Labute approximate surface area is 307 Å². The van der Waals surface area contributed by atoms with Gasteiger partial charge in [0.25, 0.3) is 0 Å². The summed E-state index contributed by atoms with van der Waals surface area (Å²) in [6.07, 6.45) is 3.71. The van der Waals surface area contributed by atoms with Gasteiger partial charge in [0.15, 0.2) is 0 Å². The van der Waals surface area contributed by atoms with Gasteiger partial charge < -0.3 is 34.6 Å². The first kappa shape index (κ1) is 41.6. The monoisotopic (exact) mass is 712 g/mol. The van der Waals surface area contributed by atoms with Gasteiger partial charge in [0.1, 0.15) is 24.7 Å². The third kappa shape index (κ3) is 11.4. The van der Waals surface area contributed by atoms with Crippen LogP contribution in [-0.2, 0) is 31.2 Å². The van der Waals surface area contributed by atoms with Crippen LogP contribution >= 0.6 is 0 Å². The highest BCUT2D eigenvalue weighted by Crippen LogP contribution is 2.29. The molecular weight excluding hydrogens is 660 g/mol. The Hall–Kier alpha value is -4.80. The van der Waals surface area contributed by atoms with Gasteiger partial charge in [-0.3, -0.25) is 0 Å². The van der Waals surface area contributed by atoms with E-state index in [1.807, 2.05) is 31.2 Å². The van der Waals surface area contributed by atoms with E-state index in [0.717, 1.165) is 24.0 Å². The first-order valence-electron chi connectivity index (χ1n) is 17.6. The molecule has 0 aliphatic rings. The summed E-state index contributed by atoms with van der Waals surface area (Å²) in [4.78, 5) is 24.6. The molecule has 0 fully saturated rings. The number of benzene rings is 4. The smallest absolute Gasteiger partial charge is 0.343 e. The quantitative estimate of drug-likeness (QED) is 0.0521. The second-order valence-electron chi connectivity index (χ2n) is 12.7. The standard InChI is InChI=1S/C23H28O5.C20H24O4/c1-4-16(3)18-6-8-19(9-7-18)23(26)28-11-10-27-22-20(14-24)12-17(5-2)13-21(22)15-25;1-4-14(3)15-5-7-16(8-6-15)20(23)24-19-17(11-21)9-13(2)10-18(19)12-22/h5-9,12-13,16,24-25H,2,4,10-11,14-15H2,1,3H3;5-10,14,21-22H,4,11-12H2,1-3H3. The Bertz CT molecular complexity index is 1710. The van der Waals surface area contributed by atoms with E-state index in [1.165, 1.54) is 11.1 Å². The summed E-state index contributed by atoms with van der Waals surface area (Å²) in [5, 5.41) is 38.1. The number of aliphatic hydroxyl groups excluding tert-OH is 4. The molecule has 4 aromatic rings. The minimum Gasteiger partial charge on any atom is -0.489 e. The van der Waals surface area contributed by atoms with E-state index < -0.39 is 11.9 Å². The molecule has 0 amide bonds. The second-order valence-corrected chi connectivity index (χ2v) is 12.7. The third-order valence-electron chi connectivity index (χ3n) is 8.98. The molecule has 4 N–H and O–H groups in total. The summed E-state index contributed by atoms with van der Waals surface area (Å²) < 4.78 is 16.4. The molecule has 0 aromatic heterocycles. The lowest BCUT2D eigenvalue weighted by atomic mass is 9.98. The van der Waals surface area contributed by atoms with Gasteiger partial charge in [-0.05, 0) is 84.7 Å². The molecule has 0 aliphatic carbocycles. The van der Waals surface area contributed by atoms with Crippen molar-refractivity contribution in [2.45, 2.75) is 85.7 Å². The van der Waals surface area contributed by atoms with Crippen molar-refractivity contribution >= 4 is 18.0 Å². The van der Waals surface area contributed by atoms with Crippen molar-refractivity contribution < 1.29 is 44.2 Å². The highest BCUT2D eigenvalue weighted by Gasteiger charge is 2.17. The van der Waals surface area contributed by atoms with E-state index in [9.17, 15) is 30.0 Å². The van der Waals surface area contributed by atoms with Gasteiger partial charge in [0.2, 0.25) is 0 Å². The molecule has 9 heteroatoms. The molecule has 0 aliphatic heterocycles. The molecule has 0 saturated heterocycles. The molecule has 52 heavy (non-hydrogen) atoms. The molecule has 0 radical (unpaired) electrons. The predicted molar refractivity (Wildman–Crippen MR) is 202 cm³/mol. The van der Waals surface area contributed by atoms with E-state index in [0.29, 0.717) is 51.0 Å². The molecule has 0 heterocycles. The zero-order chi connectivity index (χ0) is 38.2. The van der Waals surface area contributed by atoms with E-state index in [-0.39, 0.29) is 45.4 Å². The van der Waals surface area contributed by atoms with Crippen molar-refractivity contribution in [2.75, 3.05) is 13.2 Å². The first-order valence-corrected chi connectivity index (χ1v) is 17.6. The van der Waals surface area contributed by atoms with Crippen LogP contribution in [0.5, 0.6) is 11.5 Å². The number of hydrogen-bond donors (Lipinski definition) is 4. The molecule has 4 aromatic carbocycles. The van der Waals surface area contributed by atoms with Crippen molar-refractivity contribution in [1.29, 1.82) is 0 Å². The first-order chi connectivity index (χ1) is 25.0. The maximum Gasteiger partial charge on any atom is 0.343 e. The molecule has 0 saturated carbocycles. The Kier molecular flexibility index (Phi) is 16.7. The van der Waals surface area contributed by atoms with Crippen LogP contribution in [0.25, 0.3) is 6.08 Å². The van der Waals surface area contributed by atoms with Crippen LogP contribution in [0.4, 0.5) is 0 Å². The summed E-state index contributed by atoms with van der Waals surface area (Å²) in [7, 11) is 0. The van der Waals surface area contributed by atoms with Gasteiger partial charge in [0, 0.05) is 22.3 Å². The number of carbonyl (C=O) groups excluding carboxylic acids is 2. The number of ether oxygens (including phenoxy) is 3. The fourth-order valence-electron chi connectivity index (χ4n) is 5.49. The molecule has 2 unspecified atom stereocenters. The van der Waals surface area contributed by atoms with E-state index >= 15 is 0 Å². The fraction of sp³-hybridized carbons (Fsp3) is 0.349. The Morgan fingerprint density at radius 3 is 1.48 bits per heavy atom. The van der Waals surface area contributed by atoms with Crippen molar-refractivity contribution in [3.05, 3.63) is 135 Å². The zero-order valence-corrected chi connectivity index (χ0v) is 30.9. The minimum absolute atomic E-state index is 0.0604. The molecule has 2 atom stereocenters. The van der Waals surface area contributed by atoms with Crippen LogP contribution in [0.1, 0.15) is 118 Å². The molecular formula is C43H52O9. The van der Waals surface area contributed by atoms with Crippen LogP contribution in [0, 0.1) is 6.92 Å². The molecule has 4 rings (SSSR count). The second kappa shape index (κ2) is 20.9. The van der Waals surface area contributed by atoms with Gasteiger partial charge in [0.05, 0.1) is 37.6 Å². The lowest BCUT2D eigenvalue weighted by molar-refractivity contribution is 0.0447.